The van der Waals surface area contributed by atoms with E-state index in [2.05, 4.69) is 15.1 Å². The number of likely N-dealkylation sites (tertiary alicyclic amines) is 1. The molecule has 8 heteroatoms. The van der Waals surface area contributed by atoms with Gasteiger partial charge in [0, 0.05) is 19.2 Å². The summed E-state index contributed by atoms with van der Waals surface area (Å²) >= 11 is 0. The van der Waals surface area contributed by atoms with Crippen molar-refractivity contribution in [1.82, 2.24) is 20.0 Å². The van der Waals surface area contributed by atoms with E-state index in [1.807, 2.05) is 13.8 Å². The Morgan fingerprint density at radius 3 is 3.00 bits per heavy atom. The number of β-amino-alcohol motifs (C(OH)–C–C–N with tert-alkyl or cyclic N) is 1. The van der Waals surface area contributed by atoms with Crippen molar-refractivity contribution in [2.24, 2.45) is 5.92 Å². The average Bonchev–Trinajstić information content (AvgIpc) is 3.18. The number of aromatic nitrogens is 3. The van der Waals surface area contributed by atoms with Gasteiger partial charge in [0.05, 0.1) is 12.7 Å². The average molecular weight is 346 g/mol. The van der Waals surface area contributed by atoms with Crippen molar-refractivity contribution in [3.8, 4) is 5.88 Å². The van der Waals surface area contributed by atoms with Gasteiger partial charge >= 0.3 is 0 Å². The van der Waals surface area contributed by atoms with Crippen LogP contribution in [0, 0.1) is 12.8 Å². The van der Waals surface area contributed by atoms with Crippen LogP contribution in [0.3, 0.4) is 0 Å². The maximum absolute atomic E-state index is 13.1. The Balaban J connectivity index is 1.86. The highest BCUT2D eigenvalue weighted by Gasteiger charge is 2.39. The monoisotopic (exact) mass is 346 g/mol. The van der Waals surface area contributed by atoms with Crippen molar-refractivity contribution >= 4 is 5.91 Å². The van der Waals surface area contributed by atoms with E-state index in [1.165, 1.54) is 4.90 Å². The highest BCUT2D eigenvalue weighted by atomic mass is 16.5. The number of nitrogens with zero attached hydrogens (tertiary/aromatic N) is 4. The summed E-state index contributed by atoms with van der Waals surface area (Å²) in [7, 11) is 0. The maximum Gasteiger partial charge on any atom is 0.260 e. The summed E-state index contributed by atoms with van der Waals surface area (Å²) in [6.07, 6.45) is 1.30. The minimum absolute atomic E-state index is 0.198. The van der Waals surface area contributed by atoms with E-state index >= 15 is 0 Å². The second-order valence-corrected chi connectivity index (χ2v) is 6.60. The molecule has 0 bridgehead atoms. The van der Waals surface area contributed by atoms with Crippen LogP contribution in [-0.4, -0.2) is 50.3 Å². The molecule has 3 rings (SSSR count). The molecule has 0 aromatic carbocycles. The Morgan fingerprint density at radius 1 is 1.52 bits per heavy atom. The van der Waals surface area contributed by atoms with Gasteiger partial charge in [-0.3, -0.25) is 4.79 Å². The first kappa shape index (κ1) is 17.3. The Morgan fingerprint density at radius 2 is 2.32 bits per heavy atom. The third kappa shape index (κ3) is 3.79. The topological polar surface area (TPSA) is 102 Å². The van der Waals surface area contributed by atoms with Crippen LogP contribution in [-0.2, 0) is 0 Å². The molecule has 134 valence electrons. The van der Waals surface area contributed by atoms with Crippen LogP contribution in [0.25, 0.3) is 0 Å². The minimum Gasteiger partial charge on any atom is -0.477 e. The first-order valence-electron chi connectivity index (χ1n) is 8.32. The highest BCUT2D eigenvalue weighted by Crippen LogP contribution is 2.33. The zero-order valence-corrected chi connectivity index (χ0v) is 14.5. The molecule has 1 aliphatic heterocycles. The Hall–Kier alpha value is -2.48. The molecule has 25 heavy (non-hydrogen) atoms. The molecule has 1 amide bonds. The molecule has 8 nitrogen and oxygen atoms in total. The molecule has 1 saturated heterocycles. The van der Waals surface area contributed by atoms with Crippen LogP contribution < -0.4 is 4.74 Å². The molecule has 1 aliphatic rings. The SMILES string of the molecule is Cc1noc([C@H]2C[C@H](O)CN2C(=O)c2cccnc2OCC(C)C)n1. The third-order valence-corrected chi connectivity index (χ3v) is 3.92. The van der Waals surface area contributed by atoms with E-state index in [9.17, 15) is 9.90 Å². The van der Waals surface area contributed by atoms with Crippen LogP contribution in [0.5, 0.6) is 5.88 Å². The lowest BCUT2D eigenvalue weighted by atomic mass is 10.1. The number of carbonyl (C=O) groups excluding carboxylic acids is 1. The maximum atomic E-state index is 13.1. The van der Waals surface area contributed by atoms with E-state index in [0.29, 0.717) is 42.1 Å². The van der Waals surface area contributed by atoms with Gasteiger partial charge in [-0.15, -0.1) is 0 Å². The van der Waals surface area contributed by atoms with Gasteiger partial charge in [-0.25, -0.2) is 4.98 Å². The third-order valence-electron chi connectivity index (χ3n) is 3.92. The number of carbonyl (C=O) groups is 1. The van der Waals surface area contributed by atoms with Crippen molar-refractivity contribution in [2.75, 3.05) is 13.2 Å². The number of amides is 1. The van der Waals surface area contributed by atoms with Crippen molar-refractivity contribution < 1.29 is 19.2 Å². The summed E-state index contributed by atoms with van der Waals surface area (Å²) in [5, 5.41) is 13.8. The predicted molar refractivity (Wildman–Crippen MR) is 88.0 cm³/mol. The largest absolute Gasteiger partial charge is 0.477 e. The van der Waals surface area contributed by atoms with E-state index < -0.39 is 12.1 Å². The van der Waals surface area contributed by atoms with Gasteiger partial charge in [-0.1, -0.05) is 19.0 Å². The molecule has 1 N–H and O–H groups in total. The van der Waals surface area contributed by atoms with Crippen LogP contribution in [0.1, 0.15) is 48.4 Å². The Bertz CT molecular complexity index is 746. The molecule has 0 saturated carbocycles. The summed E-state index contributed by atoms with van der Waals surface area (Å²) in [5.41, 5.74) is 0.360. The molecular formula is C17H22N4O4. The van der Waals surface area contributed by atoms with E-state index in [-0.39, 0.29) is 12.5 Å². The molecule has 0 spiro atoms. The lowest BCUT2D eigenvalue weighted by molar-refractivity contribution is 0.0687. The quantitative estimate of drug-likeness (QED) is 0.880. The Labute approximate surface area is 145 Å². The van der Waals surface area contributed by atoms with E-state index in [1.54, 1.807) is 25.3 Å². The van der Waals surface area contributed by atoms with Gasteiger partial charge in [0.25, 0.3) is 5.91 Å². The van der Waals surface area contributed by atoms with E-state index in [0.717, 1.165) is 0 Å². The number of aryl methyl sites for hydroxylation is 1. The zero-order chi connectivity index (χ0) is 18.0. The van der Waals surface area contributed by atoms with Crippen LogP contribution in [0.15, 0.2) is 22.9 Å². The molecular weight excluding hydrogens is 324 g/mol. The fraction of sp³-hybridized carbons (Fsp3) is 0.529. The van der Waals surface area contributed by atoms with E-state index in [4.69, 9.17) is 9.26 Å². The fourth-order valence-corrected chi connectivity index (χ4v) is 2.79. The number of pyridine rings is 1. The molecule has 1 fully saturated rings. The summed E-state index contributed by atoms with van der Waals surface area (Å²) in [4.78, 5) is 23.0. The second kappa shape index (κ2) is 7.18. The van der Waals surface area contributed by atoms with Crippen molar-refractivity contribution in [1.29, 1.82) is 0 Å². The number of rotatable bonds is 5. The van der Waals surface area contributed by atoms with Gasteiger partial charge in [-0.2, -0.15) is 4.98 Å². The molecule has 2 aromatic rings. The highest BCUT2D eigenvalue weighted by molar-refractivity contribution is 5.96. The predicted octanol–water partition coefficient (Wildman–Crippen LogP) is 1.76. The minimum atomic E-state index is -0.641. The lowest BCUT2D eigenvalue weighted by Gasteiger charge is -2.22. The molecule has 0 radical (unpaired) electrons. The van der Waals surface area contributed by atoms with Crippen molar-refractivity contribution in [2.45, 2.75) is 39.3 Å². The normalized spacial score (nSPS) is 20.3. The molecule has 0 aliphatic carbocycles. The molecule has 3 heterocycles. The summed E-state index contributed by atoms with van der Waals surface area (Å²) in [6.45, 7) is 6.42. The summed E-state index contributed by atoms with van der Waals surface area (Å²) in [6, 6.07) is 2.90. The first-order chi connectivity index (χ1) is 12.0. The number of aliphatic hydroxyl groups is 1. The van der Waals surface area contributed by atoms with Gasteiger partial charge in [-0.05, 0) is 25.0 Å². The first-order valence-corrected chi connectivity index (χ1v) is 8.32. The van der Waals surface area contributed by atoms with Gasteiger partial charge in [0.15, 0.2) is 5.82 Å². The summed E-state index contributed by atoms with van der Waals surface area (Å²) in [5.74, 6) is 1.15. The molecule has 2 aromatic heterocycles. The van der Waals surface area contributed by atoms with Crippen molar-refractivity contribution in [3.63, 3.8) is 0 Å². The second-order valence-electron chi connectivity index (χ2n) is 6.60. The number of ether oxygens (including phenoxy) is 1. The standard InChI is InChI=1S/C17H22N4O4/c1-10(2)9-24-15-13(5-4-6-18-15)17(23)21-8-12(22)7-14(21)16-19-11(3)20-25-16/h4-6,10,12,14,22H,7-9H2,1-3H3/t12-,14+/m0/s1. The summed E-state index contributed by atoms with van der Waals surface area (Å²) < 4.78 is 10.9. The van der Waals surface area contributed by atoms with Crippen LogP contribution >= 0.6 is 0 Å². The van der Waals surface area contributed by atoms with Gasteiger partial charge < -0.3 is 19.3 Å². The lowest BCUT2D eigenvalue weighted by Crippen LogP contribution is -2.32. The van der Waals surface area contributed by atoms with Crippen molar-refractivity contribution in [3.05, 3.63) is 35.6 Å². The van der Waals surface area contributed by atoms with Crippen LogP contribution in [0.4, 0.5) is 0 Å². The van der Waals surface area contributed by atoms with Gasteiger partial charge in [0.2, 0.25) is 11.8 Å². The Kier molecular flexibility index (Phi) is 4.98. The smallest absolute Gasteiger partial charge is 0.260 e. The van der Waals surface area contributed by atoms with Gasteiger partial charge in [0.1, 0.15) is 11.6 Å². The van der Waals surface area contributed by atoms with Crippen LogP contribution in [0.2, 0.25) is 0 Å². The molecule has 2 atom stereocenters. The number of hydrogen-bond donors (Lipinski definition) is 1. The molecule has 0 unspecified atom stereocenters. The number of aliphatic hydroxyl groups excluding tert-OH is 1. The number of hydrogen-bond acceptors (Lipinski definition) is 7. The zero-order valence-electron chi connectivity index (χ0n) is 14.5. The fourth-order valence-electron chi connectivity index (χ4n) is 2.79.